The standard InChI is InChI=1S/C21H26N8.ClH/c22-12-18-25-19(27-26-18)16-7-4-8-17(11-16)29-10-9-23-20-21(29)24-14-28(20)13-15-5-2-1-3-6-15;/h4,7-11,15H,1-3,5-6,12-14,22H2,(H,25,26,27);1H. The van der Waals surface area contributed by atoms with Crippen LogP contribution in [0.25, 0.3) is 11.4 Å². The van der Waals surface area contributed by atoms with Crippen LogP contribution in [0.4, 0.5) is 5.69 Å². The third-order valence-electron chi connectivity index (χ3n) is 5.84. The Morgan fingerprint density at radius 2 is 2.00 bits per heavy atom. The molecular weight excluding hydrogens is 400 g/mol. The van der Waals surface area contributed by atoms with E-state index in [0.717, 1.165) is 35.4 Å². The van der Waals surface area contributed by atoms with Crippen LogP contribution in [-0.4, -0.2) is 45.0 Å². The molecular formula is C21H27ClN8. The van der Waals surface area contributed by atoms with Gasteiger partial charge in [0, 0.05) is 30.2 Å². The number of halogens is 1. The quantitative estimate of drug-likeness (QED) is 0.764. The molecule has 0 atom stereocenters. The molecule has 0 radical (unpaired) electrons. The topological polar surface area (TPSA) is 98.8 Å². The second-order valence-corrected chi connectivity index (χ2v) is 7.83. The lowest BCUT2D eigenvalue weighted by Crippen LogP contribution is -2.41. The number of anilines is 1. The van der Waals surface area contributed by atoms with Crippen molar-refractivity contribution in [3.8, 4) is 11.4 Å². The van der Waals surface area contributed by atoms with Gasteiger partial charge in [0.15, 0.2) is 17.5 Å². The zero-order valence-corrected chi connectivity index (χ0v) is 17.7. The van der Waals surface area contributed by atoms with Gasteiger partial charge in [-0.2, -0.15) is 5.10 Å². The third kappa shape index (κ3) is 3.97. The molecule has 1 fully saturated rings. The van der Waals surface area contributed by atoms with Gasteiger partial charge in [-0.25, -0.2) is 15.0 Å². The summed E-state index contributed by atoms with van der Waals surface area (Å²) in [5.41, 5.74) is 7.60. The highest BCUT2D eigenvalue weighted by atomic mass is 35.5. The number of benzene rings is 1. The summed E-state index contributed by atoms with van der Waals surface area (Å²) < 4.78 is 0. The zero-order valence-electron chi connectivity index (χ0n) is 16.9. The summed E-state index contributed by atoms with van der Waals surface area (Å²) >= 11 is 0. The number of H-pyrrole nitrogens is 1. The van der Waals surface area contributed by atoms with E-state index in [-0.39, 0.29) is 12.4 Å². The molecule has 3 aliphatic rings. The molecule has 3 heterocycles. The Morgan fingerprint density at radius 1 is 1.13 bits per heavy atom. The average molecular weight is 427 g/mol. The van der Waals surface area contributed by atoms with E-state index in [0.29, 0.717) is 24.9 Å². The molecule has 1 aliphatic carbocycles. The molecule has 1 aromatic heterocycles. The minimum Gasteiger partial charge on any atom is -0.334 e. The van der Waals surface area contributed by atoms with Gasteiger partial charge in [0.05, 0.1) is 6.54 Å². The summed E-state index contributed by atoms with van der Waals surface area (Å²) in [5.74, 6) is 3.97. The highest BCUT2D eigenvalue weighted by molar-refractivity contribution is 6.47. The van der Waals surface area contributed by atoms with Crippen molar-refractivity contribution in [2.45, 2.75) is 38.6 Å². The van der Waals surface area contributed by atoms with E-state index in [1.165, 1.54) is 32.1 Å². The number of aromatic amines is 1. The van der Waals surface area contributed by atoms with Crippen molar-refractivity contribution in [2.24, 2.45) is 21.6 Å². The summed E-state index contributed by atoms with van der Waals surface area (Å²) in [7, 11) is 0. The van der Waals surface area contributed by atoms with Crippen molar-refractivity contribution < 1.29 is 0 Å². The van der Waals surface area contributed by atoms with Crippen LogP contribution in [0.5, 0.6) is 0 Å². The Labute approximate surface area is 182 Å². The summed E-state index contributed by atoms with van der Waals surface area (Å²) in [6, 6.07) is 8.15. The van der Waals surface area contributed by atoms with Gasteiger partial charge < -0.3 is 10.6 Å². The molecule has 0 amide bonds. The lowest BCUT2D eigenvalue weighted by Gasteiger charge is -2.30. The van der Waals surface area contributed by atoms with Gasteiger partial charge >= 0.3 is 0 Å². The molecule has 5 rings (SSSR count). The Bertz CT molecular complexity index is 973. The lowest BCUT2D eigenvalue weighted by atomic mass is 9.89. The maximum atomic E-state index is 5.64. The number of hydrogen-bond donors (Lipinski definition) is 2. The highest BCUT2D eigenvalue weighted by Gasteiger charge is 2.31. The van der Waals surface area contributed by atoms with E-state index in [9.17, 15) is 0 Å². The number of amidine groups is 2. The molecule has 158 valence electrons. The largest absolute Gasteiger partial charge is 0.334 e. The number of nitrogens with one attached hydrogen (secondary N) is 1. The fraction of sp³-hybridized carbons (Fsp3) is 0.429. The monoisotopic (exact) mass is 426 g/mol. The predicted octanol–water partition coefficient (Wildman–Crippen LogP) is 3.29. The van der Waals surface area contributed by atoms with Gasteiger partial charge in [0.2, 0.25) is 0 Å². The Kier molecular flexibility index (Phi) is 6.15. The number of fused-ring (bicyclic) bond motifs is 1. The molecule has 30 heavy (non-hydrogen) atoms. The number of aromatic nitrogens is 3. The molecule has 2 aliphatic heterocycles. The van der Waals surface area contributed by atoms with Gasteiger partial charge in [0.1, 0.15) is 12.5 Å². The molecule has 0 spiro atoms. The number of nitrogens with two attached hydrogens (primary N) is 1. The van der Waals surface area contributed by atoms with Crippen LogP contribution >= 0.6 is 12.4 Å². The van der Waals surface area contributed by atoms with Crippen LogP contribution < -0.4 is 10.6 Å². The highest BCUT2D eigenvalue weighted by Crippen LogP contribution is 2.29. The molecule has 3 N–H and O–H groups in total. The van der Waals surface area contributed by atoms with E-state index >= 15 is 0 Å². The minimum absolute atomic E-state index is 0. The van der Waals surface area contributed by atoms with Crippen LogP contribution in [0.2, 0.25) is 0 Å². The first kappa shape index (κ1) is 20.6. The van der Waals surface area contributed by atoms with E-state index in [1.54, 1.807) is 0 Å². The SMILES string of the molecule is Cl.NCc1nc(-c2cccc(N3C=CN=C4C3=NCN4CC3CCCCC3)c2)n[nH]1. The fourth-order valence-electron chi connectivity index (χ4n) is 4.34. The van der Waals surface area contributed by atoms with Crippen molar-refractivity contribution in [3.05, 3.63) is 42.5 Å². The van der Waals surface area contributed by atoms with E-state index in [4.69, 9.17) is 10.7 Å². The van der Waals surface area contributed by atoms with Crippen LogP contribution in [0.1, 0.15) is 37.9 Å². The zero-order chi connectivity index (χ0) is 19.6. The Morgan fingerprint density at radius 3 is 2.80 bits per heavy atom. The van der Waals surface area contributed by atoms with Gasteiger partial charge in [-0.15, -0.1) is 12.4 Å². The van der Waals surface area contributed by atoms with Gasteiger partial charge in [-0.05, 0) is 30.9 Å². The van der Waals surface area contributed by atoms with E-state index in [2.05, 4.69) is 42.1 Å². The molecule has 0 bridgehead atoms. The van der Waals surface area contributed by atoms with Crippen molar-refractivity contribution >= 4 is 29.8 Å². The number of hydrogen-bond acceptors (Lipinski definition) is 7. The summed E-state index contributed by atoms with van der Waals surface area (Å²) in [6.07, 6.45) is 10.6. The second-order valence-electron chi connectivity index (χ2n) is 7.83. The molecule has 2 aromatic rings. The predicted molar refractivity (Wildman–Crippen MR) is 122 cm³/mol. The van der Waals surface area contributed by atoms with Gasteiger partial charge in [-0.3, -0.25) is 10.00 Å². The summed E-state index contributed by atoms with van der Waals surface area (Å²) in [4.78, 5) is 18.3. The maximum Gasteiger partial charge on any atom is 0.181 e. The lowest BCUT2D eigenvalue weighted by molar-refractivity contribution is 0.282. The smallest absolute Gasteiger partial charge is 0.181 e. The number of rotatable bonds is 5. The van der Waals surface area contributed by atoms with Crippen molar-refractivity contribution in [1.82, 2.24) is 20.1 Å². The first-order chi connectivity index (χ1) is 14.3. The first-order valence-corrected chi connectivity index (χ1v) is 10.4. The normalized spacial score (nSPS) is 18.7. The second kappa shape index (κ2) is 8.97. The molecule has 1 aromatic carbocycles. The van der Waals surface area contributed by atoms with Crippen molar-refractivity contribution in [1.29, 1.82) is 0 Å². The van der Waals surface area contributed by atoms with E-state index in [1.807, 2.05) is 24.5 Å². The van der Waals surface area contributed by atoms with Crippen LogP contribution in [0.3, 0.4) is 0 Å². The number of nitrogens with zero attached hydrogens (tertiary/aromatic N) is 6. The maximum absolute atomic E-state index is 5.64. The average Bonchev–Trinajstić information content (AvgIpc) is 3.42. The molecule has 0 unspecified atom stereocenters. The third-order valence-corrected chi connectivity index (χ3v) is 5.84. The van der Waals surface area contributed by atoms with E-state index < -0.39 is 0 Å². The first-order valence-electron chi connectivity index (χ1n) is 10.4. The number of aliphatic imine (C=N–C) groups is 2. The van der Waals surface area contributed by atoms with Crippen LogP contribution in [0, 0.1) is 5.92 Å². The van der Waals surface area contributed by atoms with Gasteiger partial charge in [-0.1, -0.05) is 31.4 Å². The summed E-state index contributed by atoms with van der Waals surface area (Å²) in [6.45, 7) is 2.07. The Balaban J connectivity index is 0.00000218. The van der Waals surface area contributed by atoms with Gasteiger partial charge in [0.25, 0.3) is 0 Å². The van der Waals surface area contributed by atoms with Crippen LogP contribution in [0.15, 0.2) is 46.7 Å². The molecule has 1 saturated carbocycles. The molecule has 0 saturated heterocycles. The van der Waals surface area contributed by atoms with Crippen molar-refractivity contribution in [3.63, 3.8) is 0 Å². The molecule has 8 nitrogen and oxygen atoms in total. The van der Waals surface area contributed by atoms with Crippen molar-refractivity contribution in [2.75, 3.05) is 18.1 Å². The minimum atomic E-state index is 0. The van der Waals surface area contributed by atoms with Crippen LogP contribution in [-0.2, 0) is 6.54 Å². The summed E-state index contributed by atoms with van der Waals surface area (Å²) in [5, 5.41) is 7.14. The Hall–Kier alpha value is -2.71. The molecule has 9 heteroatoms. The fourth-order valence-corrected chi connectivity index (χ4v) is 4.34.